The molecule has 0 unspecified atom stereocenters. The van der Waals surface area contributed by atoms with Gasteiger partial charge in [0.2, 0.25) is 0 Å². The molecular weight excluding hydrogens is 188 g/mol. The van der Waals surface area contributed by atoms with E-state index in [1.807, 2.05) is 11.8 Å². The van der Waals surface area contributed by atoms with E-state index in [9.17, 15) is 0 Å². The van der Waals surface area contributed by atoms with Gasteiger partial charge in [-0.1, -0.05) is 26.0 Å². The third kappa shape index (κ3) is 1.15. The normalized spacial score (nSPS) is 22.1. The predicted octanol–water partition coefficient (Wildman–Crippen LogP) is 4.16. The van der Waals surface area contributed by atoms with Crippen LogP contribution in [0.1, 0.15) is 38.8 Å². The Morgan fingerprint density at radius 2 is 1.71 bits per heavy atom. The fourth-order valence-electron chi connectivity index (χ4n) is 2.23. The Bertz CT molecular complexity index is 375. The molecule has 76 valence electrons. The molecule has 0 aliphatic carbocycles. The van der Waals surface area contributed by atoms with Gasteiger partial charge in [0.25, 0.3) is 0 Å². The van der Waals surface area contributed by atoms with E-state index in [0.29, 0.717) is 4.75 Å². The number of thioether (sulfide) groups is 1. The molecule has 1 aromatic carbocycles. The van der Waals surface area contributed by atoms with Crippen molar-refractivity contribution < 1.29 is 0 Å². The molecule has 1 aromatic rings. The minimum absolute atomic E-state index is 0.276. The first kappa shape index (κ1) is 10.1. The molecule has 0 nitrogen and oxygen atoms in total. The fraction of sp³-hybridized carbons (Fsp3) is 0.538. The van der Waals surface area contributed by atoms with Crippen LogP contribution in [0.5, 0.6) is 0 Å². The highest BCUT2D eigenvalue weighted by Crippen LogP contribution is 2.56. The zero-order valence-electron chi connectivity index (χ0n) is 9.64. The lowest BCUT2D eigenvalue weighted by Gasteiger charge is -2.35. The van der Waals surface area contributed by atoms with Crippen LogP contribution in [0.15, 0.2) is 23.1 Å². The summed E-state index contributed by atoms with van der Waals surface area (Å²) in [4.78, 5) is 1.47. The monoisotopic (exact) mass is 206 g/mol. The fourth-order valence-corrected chi connectivity index (χ4v) is 3.80. The molecule has 0 spiro atoms. The Hall–Kier alpha value is -0.430. The van der Waals surface area contributed by atoms with Crippen LogP contribution >= 0.6 is 11.8 Å². The van der Waals surface area contributed by atoms with E-state index < -0.39 is 0 Å². The Labute approximate surface area is 91.1 Å². The van der Waals surface area contributed by atoms with E-state index in [2.05, 4.69) is 52.8 Å². The van der Waals surface area contributed by atoms with E-state index in [0.717, 1.165) is 0 Å². The number of benzene rings is 1. The van der Waals surface area contributed by atoms with Crippen LogP contribution in [-0.2, 0) is 5.41 Å². The van der Waals surface area contributed by atoms with Gasteiger partial charge in [0, 0.05) is 15.1 Å². The van der Waals surface area contributed by atoms with Gasteiger partial charge in [-0.15, -0.1) is 11.8 Å². The number of hydrogen-bond donors (Lipinski definition) is 0. The maximum Gasteiger partial charge on any atom is 0.0242 e. The van der Waals surface area contributed by atoms with Crippen LogP contribution < -0.4 is 0 Å². The number of fused-ring (bicyclic) bond motifs is 1. The average molecular weight is 206 g/mol. The molecule has 0 fully saturated rings. The lowest BCUT2D eigenvalue weighted by atomic mass is 9.73. The topological polar surface area (TPSA) is 0 Å². The summed E-state index contributed by atoms with van der Waals surface area (Å²) in [6.07, 6.45) is 0. The standard InChI is InChI=1S/C13H18S/c1-9-7-6-8-10-11(9)12(2,3)13(4,5)14-10/h6-8H,1-5H3. The molecule has 2 rings (SSSR count). The molecule has 1 aliphatic rings. The zero-order valence-corrected chi connectivity index (χ0v) is 10.5. The summed E-state index contributed by atoms with van der Waals surface area (Å²) < 4.78 is 0.307. The second-order valence-electron chi connectivity index (χ2n) is 5.19. The third-order valence-corrected chi connectivity index (χ3v) is 5.31. The summed E-state index contributed by atoms with van der Waals surface area (Å²) in [5.74, 6) is 0. The zero-order chi connectivity index (χ0) is 10.6. The average Bonchev–Trinajstić information content (AvgIpc) is 2.19. The van der Waals surface area contributed by atoms with E-state index in [4.69, 9.17) is 0 Å². The quantitative estimate of drug-likeness (QED) is 0.614. The summed E-state index contributed by atoms with van der Waals surface area (Å²) >= 11 is 2.01. The van der Waals surface area contributed by atoms with Gasteiger partial charge in [-0.05, 0) is 38.0 Å². The molecule has 0 N–H and O–H groups in total. The molecular formula is C13H18S. The van der Waals surface area contributed by atoms with Crippen LogP contribution in [0.3, 0.4) is 0 Å². The van der Waals surface area contributed by atoms with Crippen LogP contribution in [0.2, 0.25) is 0 Å². The first-order valence-corrected chi connectivity index (χ1v) is 5.97. The van der Waals surface area contributed by atoms with E-state index >= 15 is 0 Å². The van der Waals surface area contributed by atoms with Gasteiger partial charge in [-0.2, -0.15) is 0 Å². The lowest BCUT2D eigenvalue weighted by Crippen LogP contribution is -2.35. The SMILES string of the molecule is Cc1cccc2c1C(C)(C)C(C)(C)S2. The molecule has 0 atom stereocenters. The van der Waals surface area contributed by atoms with E-state index in [1.54, 1.807) is 5.56 Å². The molecule has 1 heterocycles. The second kappa shape index (κ2) is 2.79. The largest absolute Gasteiger partial charge is 0.119 e. The van der Waals surface area contributed by atoms with Gasteiger partial charge in [-0.25, -0.2) is 0 Å². The molecule has 14 heavy (non-hydrogen) atoms. The minimum Gasteiger partial charge on any atom is -0.119 e. The summed E-state index contributed by atoms with van der Waals surface area (Å²) in [6, 6.07) is 6.64. The van der Waals surface area contributed by atoms with Gasteiger partial charge >= 0.3 is 0 Å². The number of hydrogen-bond acceptors (Lipinski definition) is 1. The van der Waals surface area contributed by atoms with Gasteiger partial charge < -0.3 is 0 Å². The van der Waals surface area contributed by atoms with Gasteiger partial charge in [0.1, 0.15) is 0 Å². The van der Waals surface area contributed by atoms with Crippen molar-refractivity contribution in [3.05, 3.63) is 29.3 Å². The number of rotatable bonds is 0. The smallest absolute Gasteiger partial charge is 0.0242 e. The molecule has 0 saturated heterocycles. The predicted molar refractivity (Wildman–Crippen MR) is 64.1 cm³/mol. The first-order valence-electron chi connectivity index (χ1n) is 5.15. The minimum atomic E-state index is 0.276. The Kier molecular flexibility index (Phi) is 2.01. The molecule has 0 bridgehead atoms. The van der Waals surface area contributed by atoms with Crippen molar-refractivity contribution in [3.63, 3.8) is 0 Å². The molecule has 0 amide bonds. The van der Waals surface area contributed by atoms with Crippen molar-refractivity contribution in [2.75, 3.05) is 0 Å². The maximum atomic E-state index is 2.36. The van der Waals surface area contributed by atoms with Gasteiger partial charge in [0.05, 0.1) is 0 Å². The van der Waals surface area contributed by atoms with Crippen molar-refractivity contribution in [1.82, 2.24) is 0 Å². The van der Waals surface area contributed by atoms with Crippen LogP contribution in [0.4, 0.5) is 0 Å². The first-order chi connectivity index (χ1) is 6.36. The Morgan fingerprint density at radius 3 is 2.29 bits per heavy atom. The Morgan fingerprint density at radius 1 is 1.07 bits per heavy atom. The molecule has 1 heteroatoms. The summed E-state index contributed by atoms with van der Waals surface area (Å²) in [6.45, 7) is 11.6. The lowest BCUT2D eigenvalue weighted by molar-refractivity contribution is 0.419. The van der Waals surface area contributed by atoms with Gasteiger partial charge in [-0.3, -0.25) is 0 Å². The van der Waals surface area contributed by atoms with Crippen molar-refractivity contribution >= 4 is 11.8 Å². The second-order valence-corrected chi connectivity index (χ2v) is 6.85. The molecule has 0 radical (unpaired) electrons. The Balaban J connectivity index is 2.68. The maximum absolute atomic E-state index is 2.36. The van der Waals surface area contributed by atoms with Crippen LogP contribution in [0, 0.1) is 6.92 Å². The summed E-state index contributed by atoms with van der Waals surface area (Å²) in [7, 11) is 0. The summed E-state index contributed by atoms with van der Waals surface area (Å²) in [5.41, 5.74) is 3.26. The van der Waals surface area contributed by atoms with Crippen LogP contribution in [-0.4, -0.2) is 4.75 Å². The molecule has 0 aromatic heterocycles. The number of aryl methyl sites for hydroxylation is 1. The van der Waals surface area contributed by atoms with Crippen molar-refractivity contribution in [3.8, 4) is 0 Å². The van der Waals surface area contributed by atoms with Crippen LogP contribution in [0.25, 0.3) is 0 Å². The van der Waals surface area contributed by atoms with Crippen molar-refractivity contribution in [2.24, 2.45) is 0 Å². The van der Waals surface area contributed by atoms with E-state index in [-0.39, 0.29) is 5.41 Å². The molecule has 1 aliphatic heterocycles. The highest BCUT2D eigenvalue weighted by molar-refractivity contribution is 8.01. The summed E-state index contributed by atoms with van der Waals surface area (Å²) in [5, 5.41) is 0. The third-order valence-electron chi connectivity index (χ3n) is 3.73. The highest BCUT2D eigenvalue weighted by atomic mass is 32.2. The van der Waals surface area contributed by atoms with E-state index in [1.165, 1.54) is 10.5 Å². The molecule has 0 saturated carbocycles. The van der Waals surface area contributed by atoms with Crippen molar-refractivity contribution in [2.45, 2.75) is 49.7 Å². The van der Waals surface area contributed by atoms with Gasteiger partial charge in [0.15, 0.2) is 0 Å². The van der Waals surface area contributed by atoms with Crippen molar-refractivity contribution in [1.29, 1.82) is 0 Å². The highest BCUT2D eigenvalue weighted by Gasteiger charge is 2.46.